The predicted molar refractivity (Wildman–Crippen MR) is 54.5 cm³/mol. The number of nitrogens with one attached hydrogen (secondary N) is 1. The Morgan fingerprint density at radius 3 is 2.62 bits per heavy atom. The van der Waals surface area contributed by atoms with Crippen LogP contribution in [-0.2, 0) is 0 Å². The van der Waals surface area contributed by atoms with Crippen LogP contribution in [0.3, 0.4) is 0 Å². The van der Waals surface area contributed by atoms with E-state index in [4.69, 9.17) is 0 Å². The van der Waals surface area contributed by atoms with Gasteiger partial charge in [0.2, 0.25) is 0 Å². The fraction of sp³-hybridized carbons (Fsp3) is 0.455. The van der Waals surface area contributed by atoms with Crippen molar-refractivity contribution in [2.24, 2.45) is 5.92 Å². The average molecular weight is 181 g/mol. The van der Waals surface area contributed by atoms with Crippen molar-refractivity contribution in [1.29, 1.82) is 0 Å². The first-order chi connectivity index (χ1) is 6.09. The van der Waals surface area contributed by atoms with Crippen molar-refractivity contribution in [3.05, 3.63) is 29.6 Å². The standard InChI is InChI=1S/C11H16FN/c1-8(2)7-13-11-5-4-10(12)6-9(11)3/h4-6,8,13H,7H2,1-3H3. The van der Waals surface area contributed by atoms with Gasteiger partial charge in [0, 0.05) is 12.2 Å². The second-order valence-electron chi connectivity index (χ2n) is 3.73. The van der Waals surface area contributed by atoms with E-state index >= 15 is 0 Å². The predicted octanol–water partition coefficient (Wildman–Crippen LogP) is 3.20. The zero-order valence-electron chi connectivity index (χ0n) is 8.39. The van der Waals surface area contributed by atoms with Gasteiger partial charge in [-0.25, -0.2) is 4.39 Å². The van der Waals surface area contributed by atoms with E-state index < -0.39 is 0 Å². The van der Waals surface area contributed by atoms with Gasteiger partial charge in [0.15, 0.2) is 0 Å². The summed E-state index contributed by atoms with van der Waals surface area (Å²) in [6.45, 7) is 7.12. The molecular formula is C11H16FN. The van der Waals surface area contributed by atoms with Gasteiger partial charge in [0.25, 0.3) is 0 Å². The minimum atomic E-state index is -0.174. The number of hydrogen-bond acceptors (Lipinski definition) is 1. The van der Waals surface area contributed by atoms with Crippen molar-refractivity contribution >= 4 is 5.69 Å². The lowest BCUT2D eigenvalue weighted by molar-refractivity contribution is 0.626. The third-order valence-corrected chi connectivity index (χ3v) is 1.89. The first kappa shape index (κ1) is 10.0. The molecule has 0 radical (unpaired) electrons. The maximum atomic E-state index is 12.7. The maximum absolute atomic E-state index is 12.7. The maximum Gasteiger partial charge on any atom is 0.123 e. The van der Waals surface area contributed by atoms with Gasteiger partial charge in [-0.3, -0.25) is 0 Å². The Morgan fingerprint density at radius 1 is 1.38 bits per heavy atom. The number of benzene rings is 1. The highest BCUT2D eigenvalue weighted by atomic mass is 19.1. The zero-order valence-corrected chi connectivity index (χ0v) is 8.39. The third kappa shape index (κ3) is 3.05. The third-order valence-electron chi connectivity index (χ3n) is 1.89. The Labute approximate surface area is 79.0 Å². The molecule has 2 heteroatoms. The van der Waals surface area contributed by atoms with E-state index in [-0.39, 0.29) is 5.82 Å². The lowest BCUT2D eigenvalue weighted by Crippen LogP contribution is -2.08. The average Bonchev–Trinajstić information content (AvgIpc) is 2.02. The van der Waals surface area contributed by atoms with Crippen molar-refractivity contribution < 1.29 is 4.39 Å². The highest BCUT2D eigenvalue weighted by molar-refractivity contribution is 5.50. The summed E-state index contributed by atoms with van der Waals surface area (Å²) in [6.07, 6.45) is 0. The van der Waals surface area contributed by atoms with Crippen LogP contribution in [0.1, 0.15) is 19.4 Å². The Kier molecular flexibility index (Phi) is 3.29. The fourth-order valence-electron chi connectivity index (χ4n) is 1.14. The number of halogens is 1. The van der Waals surface area contributed by atoms with Crippen LogP contribution in [0.15, 0.2) is 18.2 Å². The van der Waals surface area contributed by atoms with Gasteiger partial charge in [-0.1, -0.05) is 13.8 Å². The Morgan fingerprint density at radius 2 is 2.08 bits per heavy atom. The van der Waals surface area contributed by atoms with Gasteiger partial charge >= 0.3 is 0 Å². The Bertz CT molecular complexity index is 281. The molecule has 0 amide bonds. The molecule has 0 aliphatic heterocycles. The second-order valence-corrected chi connectivity index (χ2v) is 3.73. The summed E-state index contributed by atoms with van der Waals surface area (Å²) < 4.78 is 12.7. The van der Waals surface area contributed by atoms with Crippen LogP contribution in [0.5, 0.6) is 0 Å². The molecule has 1 rings (SSSR count). The molecule has 0 aliphatic rings. The van der Waals surface area contributed by atoms with Crippen LogP contribution >= 0.6 is 0 Å². The van der Waals surface area contributed by atoms with Crippen LogP contribution in [0.2, 0.25) is 0 Å². The fourth-order valence-corrected chi connectivity index (χ4v) is 1.14. The number of aryl methyl sites for hydroxylation is 1. The molecule has 0 saturated carbocycles. The molecule has 0 aromatic heterocycles. The van der Waals surface area contributed by atoms with Gasteiger partial charge in [-0.15, -0.1) is 0 Å². The smallest absolute Gasteiger partial charge is 0.123 e. The van der Waals surface area contributed by atoms with E-state index in [2.05, 4.69) is 19.2 Å². The molecular weight excluding hydrogens is 165 g/mol. The number of rotatable bonds is 3. The van der Waals surface area contributed by atoms with Crippen LogP contribution in [0.4, 0.5) is 10.1 Å². The molecule has 1 nitrogen and oxygen atoms in total. The molecule has 0 heterocycles. The Hall–Kier alpha value is -1.05. The van der Waals surface area contributed by atoms with Crippen LogP contribution in [0, 0.1) is 18.7 Å². The summed E-state index contributed by atoms with van der Waals surface area (Å²) in [6, 6.07) is 4.81. The normalized spacial score (nSPS) is 10.5. The summed E-state index contributed by atoms with van der Waals surface area (Å²) in [5, 5.41) is 3.27. The van der Waals surface area contributed by atoms with E-state index in [1.54, 1.807) is 12.1 Å². The summed E-state index contributed by atoms with van der Waals surface area (Å²) in [7, 11) is 0. The first-order valence-electron chi connectivity index (χ1n) is 4.59. The number of hydrogen-bond donors (Lipinski definition) is 1. The molecule has 13 heavy (non-hydrogen) atoms. The van der Waals surface area contributed by atoms with E-state index in [1.165, 1.54) is 6.07 Å². The van der Waals surface area contributed by atoms with E-state index in [0.717, 1.165) is 17.8 Å². The minimum absolute atomic E-state index is 0.174. The lowest BCUT2D eigenvalue weighted by Gasteiger charge is -2.11. The van der Waals surface area contributed by atoms with Gasteiger partial charge in [-0.2, -0.15) is 0 Å². The second kappa shape index (κ2) is 4.26. The molecule has 1 N–H and O–H groups in total. The van der Waals surface area contributed by atoms with Crippen molar-refractivity contribution in [3.63, 3.8) is 0 Å². The van der Waals surface area contributed by atoms with Crippen LogP contribution in [-0.4, -0.2) is 6.54 Å². The molecule has 0 unspecified atom stereocenters. The quantitative estimate of drug-likeness (QED) is 0.755. The highest BCUT2D eigenvalue weighted by Gasteiger charge is 1.99. The summed E-state index contributed by atoms with van der Waals surface area (Å²) in [5.41, 5.74) is 1.98. The summed E-state index contributed by atoms with van der Waals surface area (Å²) in [5.74, 6) is 0.428. The highest BCUT2D eigenvalue weighted by Crippen LogP contribution is 2.15. The minimum Gasteiger partial charge on any atom is -0.385 e. The Balaban J connectivity index is 2.67. The van der Waals surface area contributed by atoms with Gasteiger partial charge in [0.1, 0.15) is 5.82 Å². The molecule has 1 aromatic carbocycles. The molecule has 0 spiro atoms. The van der Waals surface area contributed by atoms with Crippen LogP contribution < -0.4 is 5.32 Å². The van der Waals surface area contributed by atoms with E-state index in [1.807, 2.05) is 6.92 Å². The lowest BCUT2D eigenvalue weighted by atomic mass is 10.1. The molecule has 0 fully saturated rings. The van der Waals surface area contributed by atoms with Crippen molar-refractivity contribution in [3.8, 4) is 0 Å². The van der Waals surface area contributed by atoms with Gasteiger partial charge < -0.3 is 5.32 Å². The van der Waals surface area contributed by atoms with Gasteiger partial charge in [-0.05, 0) is 36.6 Å². The zero-order chi connectivity index (χ0) is 9.84. The van der Waals surface area contributed by atoms with E-state index in [0.29, 0.717) is 5.92 Å². The van der Waals surface area contributed by atoms with Crippen molar-refractivity contribution in [2.75, 3.05) is 11.9 Å². The number of anilines is 1. The first-order valence-corrected chi connectivity index (χ1v) is 4.59. The molecule has 0 atom stereocenters. The van der Waals surface area contributed by atoms with Crippen molar-refractivity contribution in [2.45, 2.75) is 20.8 Å². The van der Waals surface area contributed by atoms with Crippen LogP contribution in [0.25, 0.3) is 0 Å². The molecule has 1 aromatic rings. The summed E-state index contributed by atoms with van der Waals surface area (Å²) in [4.78, 5) is 0. The largest absolute Gasteiger partial charge is 0.385 e. The van der Waals surface area contributed by atoms with Crippen molar-refractivity contribution in [1.82, 2.24) is 0 Å². The molecule has 0 bridgehead atoms. The topological polar surface area (TPSA) is 12.0 Å². The van der Waals surface area contributed by atoms with Gasteiger partial charge in [0.05, 0.1) is 0 Å². The summed E-state index contributed by atoms with van der Waals surface area (Å²) >= 11 is 0. The molecule has 0 saturated heterocycles. The monoisotopic (exact) mass is 181 g/mol. The molecule has 0 aliphatic carbocycles. The van der Waals surface area contributed by atoms with E-state index in [9.17, 15) is 4.39 Å². The SMILES string of the molecule is Cc1cc(F)ccc1NCC(C)C. The molecule has 72 valence electrons.